The molecule has 4 rings (SSSR count). The van der Waals surface area contributed by atoms with Gasteiger partial charge < -0.3 is 5.32 Å². The highest BCUT2D eigenvalue weighted by Gasteiger charge is 2.15. The van der Waals surface area contributed by atoms with Gasteiger partial charge in [0.05, 0.1) is 27.6 Å². The Labute approximate surface area is 180 Å². The third kappa shape index (κ3) is 4.44. The monoisotopic (exact) mass is 422 g/mol. The number of hydrogen-bond donors (Lipinski definition) is 1. The third-order valence-electron chi connectivity index (χ3n) is 4.56. The Morgan fingerprint density at radius 2 is 1.76 bits per heavy atom. The number of hydrogen-bond acceptors (Lipinski definition) is 3. The van der Waals surface area contributed by atoms with Crippen LogP contribution in [0.3, 0.4) is 0 Å². The highest BCUT2D eigenvalue weighted by atomic mass is 35.5. The van der Waals surface area contributed by atoms with Gasteiger partial charge in [-0.3, -0.25) is 0 Å². The molecule has 4 nitrogen and oxygen atoms in total. The predicted molar refractivity (Wildman–Crippen MR) is 121 cm³/mol. The van der Waals surface area contributed by atoms with E-state index >= 15 is 0 Å². The quantitative estimate of drug-likeness (QED) is 0.365. The van der Waals surface area contributed by atoms with Gasteiger partial charge in [0.25, 0.3) is 0 Å². The fraction of sp³-hybridized carbons (Fsp3) is 0.130. The van der Waals surface area contributed by atoms with Crippen LogP contribution in [0.5, 0.6) is 0 Å². The van der Waals surface area contributed by atoms with Crippen LogP contribution in [0.1, 0.15) is 18.9 Å². The summed E-state index contributed by atoms with van der Waals surface area (Å²) >= 11 is 12.3. The molecule has 2 aromatic heterocycles. The second-order valence-corrected chi connectivity index (χ2v) is 7.57. The van der Waals surface area contributed by atoms with E-state index in [0.29, 0.717) is 15.9 Å². The maximum absolute atomic E-state index is 6.32. The Morgan fingerprint density at radius 1 is 1.00 bits per heavy atom. The van der Waals surface area contributed by atoms with Crippen molar-refractivity contribution in [2.24, 2.45) is 0 Å². The first-order valence-corrected chi connectivity index (χ1v) is 10.2. The van der Waals surface area contributed by atoms with Gasteiger partial charge in [0.2, 0.25) is 0 Å². The Balaban J connectivity index is 1.76. The zero-order valence-corrected chi connectivity index (χ0v) is 17.5. The van der Waals surface area contributed by atoms with Crippen LogP contribution in [0.15, 0.2) is 73.1 Å². The normalized spacial score (nSPS) is 10.9. The molecule has 0 spiro atoms. The molecule has 0 saturated carbocycles. The second kappa shape index (κ2) is 8.68. The molecule has 0 unspecified atom stereocenters. The topological polar surface area (TPSA) is 42.7 Å². The van der Waals surface area contributed by atoms with Gasteiger partial charge in [-0.1, -0.05) is 79.0 Å². The maximum Gasteiger partial charge on any atom is 0.149 e. The predicted octanol–water partition coefficient (Wildman–Crippen LogP) is 6.94. The van der Waals surface area contributed by atoms with Crippen molar-refractivity contribution in [3.8, 4) is 16.9 Å². The SMILES string of the molecule is CCCc1ccc(-c2nn(-c3ccccc3)cc2Nc2ncc(Cl)cc2Cl)cc1. The van der Waals surface area contributed by atoms with Crippen LogP contribution in [-0.4, -0.2) is 14.8 Å². The molecule has 0 fully saturated rings. The first-order valence-electron chi connectivity index (χ1n) is 9.46. The van der Waals surface area contributed by atoms with Gasteiger partial charge in [-0.25, -0.2) is 9.67 Å². The van der Waals surface area contributed by atoms with Crippen LogP contribution in [-0.2, 0) is 6.42 Å². The molecule has 0 atom stereocenters. The summed E-state index contributed by atoms with van der Waals surface area (Å²) in [7, 11) is 0. The van der Waals surface area contributed by atoms with Crippen molar-refractivity contribution in [2.45, 2.75) is 19.8 Å². The van der Waals surface area contributed by atoms with Crippen LogP contribution in [0.25, 0.3) is 16.9 Å². The molecule has 1 N–H and O–H groups in total. The minimum atomic E-state index is 0.453. The summed E-state index contributed by atoms with van der Waals surface area (Å²) in [6.45, 7) is 2.18. The van der Waals surface area contributed by atoms with E-state index in [-0.39, 0.29) is 0 Å². The minimum Gasteiger partial charge on any atom is -0.336 e. The van der Waals surface area contributed by atoms with E-state index in [1.807, 2.05) is 41.2 Å². The summed E-state index contributed by atoms with van der Waals surface area (Å²) in [5.74, 6) is 0.535. The summed E-state index contributed by atoms with van der Waals surface area (Å²) in [5.41, 5.74) is 4.95. The lowest BCUT2D eigenvalue weighted by Crippen LogP contribution is -1.95. The Morgan fingerprint density at radius 3 is 2.45 bits per heavy atom. The number of aryl methyl sites for hydroxylation is 1. The fourth-order valence-electron chi connectivity index (χ4n) is 3.14. The highest BCUT2D eigenvalue weighted by Crippen LogP contribution is 2.33. The number of rotatable bonds is 6. The van der Waals surface area contributed by atoms with E-state index in [2.05, 4.69) is 41.5 Å². The van der Waals surface area contributed by atoms with Crippen molar-refractivity contribution in [3.63, 3.8) is 0 Å². The molecule has 6 heteroatoms. The summed E-state index contributed by atoms with van der Waals surface area (Å²) in [4.78, 5) is 4.32. The van der Waals surface area contributed by atoms with Gasteiger partial charge in [-0.2, -0.15) is 5.10 Å². The van der Waals surface area contributed by atoms with Gasteiger partial charge in [-0.05, 0) is 30.2 Å². The first kappa shape index (κ1) is 19.5. The second-order valence-electron chi connectivity index (χ2n) is 6.73. The zero-order chi connectivity index (χ0) is 20.2. The smallest absolute Gasteiger partial charge is 0.149 e. The van der Waals surface area contributed by atoms with Crippen molar-refractivity contribution < 1.29 is 0 Å². The standard InChI is InChI=1S/C23H20Cl2N4/c1-2-6-16-9-11-17(12-10-16)22-21(27-23-20(25)13-18(24)14-26-23)15-29(28-22)19-7-4-3-5-8-19/h3-5,7-15H,2,6H2,1H3,(H,26,27). The van der Waals surface area contributed by atoms with Gasteiger partial charge in [0.15, 0.2) is 0 Å². The van der Waals surface area contributed by atoms with Gasteiger partial charge in [0, 0.05) is 11.8 Å². The molecule has 0 aliphatic heterocycles. The average molecular weight is 423 g/mol. The third-order valence-corrected chi connectivity index (χ3v) is 5.06. The van der Waals surface area contributed by atoms with E-state index < -0.39 is 0 Å². The maximum atomic E-state index is 6.32. The molecule has 0 bridgehead atoms. The molecule has 29 heavy (non-hydrogen) atoms. The highest BCUT2D eigenvalue weighted by molar-refractivity contribution is 6.36. The largest absolute Gasteiger partial charge is 0.336 e. The van der Waals surface area contributed by atoms with Gasteiger partial charge in [-0.15, -0.1) is 0 Å². The first-order chi connectivity index (χ1) is 14.1. The molecule has 4 aromatic rings. The van der Waals surface area contributed by atoms with Crippen LogP contribution in [0.2, 0.25) is 10.0 Å². The van der Waals surface area contributed by atoms with Crippen molar-refractivity contribution in [1.29, 1.82) is 0 Å². The Bertz CT molecular complexity index is 1110. The molecule has 0 aliphatic carbocycles. The van der Waals surface area contributed by atoms with Crippen LogP contribution >= 0.6 is 23.2 Å². The summed E-state index contributed by atoms with van der Waals surface area (Å²) in [6, 6.07) is 20.2. The number of nitrogens with zero attached hydrogens (tertiary/aromatic N) is 3. The number of para-hydroxylation sites is 1. The molecule has 2 heterocycles. The molecule has 0 amide bonds. The minimum absolute atomic E-state index is 0.453. The summed E-state index contributed by atoms with van der Waals surface area (Å²) in [6.07, 6.45) is 5.69. The van der Waals surface area contributed by atoms with Gasteiger partial charge in [0.1, 0.15) is 11.5 Å². The van der Waals surface area contributed by atoms with E-state index in [1.54, 1.807) is 12.3 Å². The number of anilines is 2. The molecule has 2 aromatic carbocycles. The number of benzene rings is 2. The lowest BCUT2D eigenvalue weighted by molar-refractivity contribution is 0.884. The number of pyridine rings is 1. The Kier molecular flexibility index (Phi) is 5.84. The molecule has 0 saturated heterocycles. The van der Waals surface area contributed by atoms with E-state index in [9.17, 15) is 0 Å². The number of halogens is 2. The van der Waals surface area contributed by atoms with Crippen LogP contribution in [0, 0.1) is 0 Å². The number of aromatic nitrogens is 3. The fourth-order valence-corrected chi connectivity index (χ4v) is 3.57. The summed E-state index contributed by atoms with van der Waals surface area (Å²) in [5, 5.41) is 9.08. The number of nitrogens with one attached hydrogen (secondary N) is 1. The molecular weight excluding hydrogens is 403 g/mol. The zero-order valence-electron chi connectivity index (χ0n) is 15.9. The van der Waals surface area contributed by atoms with Crippen molar-refractivity contribution >= 4 is 34.7 Å². The van der Waals surface area contributed by atoms with Crippen molar-refractivity contribution in [3.05, 3.63) is 88.7 Å². The van der Waals surface area contributed by atoms with E-state index in [0.717, 1.165) is 35.5 Å². The molecule has 0 aliphatic rings. The molecule has 146 valence electrons. The van der Waals surface area contributed by atoms with E-state index in [1.165, 1.54) is 5.56 Å². The average Bonchev–Trinajstić information content (AvgIpc) is 3.15. The van der Waals surface area contributed by atoms with E-state index in [4.69, 9.17) is 28.3 Å². The van der Waals surface area contributed by atoms with Crippen LogP contribution in [0.4, 0.5) is 11.5 Å². The summed E-state index contributed by atoms with van der Waals surface area (Å²) < 4.78 is 1.85. The van der Waals surface area contributed by atoms with Crippen LogP contribution < -0.4 is 5.32 Å². The Hall–Kier alpha value is -2.82. The van der Waals surface area contributed by atoms with Gasteiger partial charge >= 0.3 is 0 Å². The molecule has 0 radical (unpaired) electrons. The lowest BCUT2D eigenvalue weighted by Gasteiger charge is -2.08. The van der Waals surface area contributed by atoms with Crippen molar-refractivity contribution in [2.75, 3.05) is 5.32 Å². The molecular formula is C23H20Cl2N4. The lowest BCUT2D eigenvalue weighted by atomic mass is 10.1. The van der Waals surface area contributed by atoms with Crippen molar-refractivity contribution in [1.82, 2.24) is 14.8 Å².